The summed E-state index contributed by atoms with van der Waals surface area (Å²) in [6, 6.07) is 17.5. The molecule has 0 bridgehead atoms. The molecule has 0 spiro atoms. The van der Waals surface area contributed by atoms with Crippen molar-refractivity contribution in [2.24, 2.45) is 0 Å². The molecule has 2 aromatic heterocycles. The number of nitrogen functional groups attached to an aromatic ring is 1. The Hall–Kier alpha value is -4.16. The Morgan fingerprint density at radius 3 is 2.57 bits per heavy atom. The maximum atomic E-state index is 15.2. The van der Waals surface area contributed by atoms with E-state index in [1.165, 1.54) is 29.8 Å². The van der Waals surface area contributed by atoms with Crippen LogP contribution in [0.2, 0.25) is 5.28 Å². The molecule has 0 radical (unpaired) electrons. The van der Waals surface area contributed by atoms with E-state index in [0.29, 0.717) is 5.39 Å². The van der Waals surface area contributed by atoms with Crippen molar-refractivity contribution in [3.8, 4) is 5.75 Å². The minimum Gasteiger partial charge on any atom is -0.506 e. The topological polar surface area (TPSA) is 160 Å². The number of nitrogens with zero attached hydrogens (tertiary/aromatic N) is 3. The summed E-state index contributed by atoms with van der Waals surface area (Å²) in [4.78, 5) is 20.6. The molecule has 15 heteroatoms. The molecular formula is C27H26ClFN5O7P. The highest BCUT2D eigenvalue weighted by molar-refractivity contribution is 7.52. The molecule has 42 heavy (non-hydrogen) atoms. The molecule has 4 N–H and O–H groups in total. The van der Waals surface area contributed by atoms with Gasteiger partial charge < -0.3 is 24.8 Å². The number of aliphatic hydroxyl groups excluding tert-OH is 1. The number of anilines is 1. The summed E-state index contributed by atoms with van der Waals surface area (Å²) in [6.45, 7) is 0.743. The Morgan fingerprint density at radius 1 is 1.17 bits per heavy atom. The molecule has 1 aliphatic heterocycles. The minimum absolute atomic E-state index is 0.000125. The molecule has 4 aromatic rings. The number of nitrogens with one attached hydrogen (secondary N) is 1. The first kappa shape index (κ1) is 29.3. The lowest BCUT2D eigenvalue weighted by molar-refractivity contribution is -0.146. The highest BCUT2D eigenvalue weighted by Gasteiger charge is 2.41. The third-order valence-corrected chi connectivity index (χ3v) is 7.96. The Labute approximate surface area is 244 Å². The number of fused-ring (bicyclic) bond motifs is 1. The predicted molar refractivity (Wildman–Crippen MR) is 151 cm³/mol. The number of alkyl halides is 1. The maximum absolute atomic E-state index is 15.2. The van der Waals surface area contributed by atoms with Crippen molar-refractivity contribution in [1.29, 1.82) is 0 Å². The third-order valence-electron chi connectivity index (χ3n) is 6.17. The first-order valence-electron chi connectivity index (χ1n) is 12.6. The minimum atomic E-state index is -4.34. The SMILES string of the molecule is C[C@H](NP(=O)(OCC1=C(O)C(F)[C@H](n2ccc3c(N)nc(Cl)nc32)O1)Oc1ccccc1)C(=O)OCc1ccccc1. The van der Waals surface area contributed by atoms with Crippen LogP contribution in [0.5, 0.6) is 5.75 Å². The molecule has 3 heterocycles. The summed E-state index contributed by atoms with van der Waals surface area (Å²) in [6.07, 6.45) is -1.99. The largest absolute Gasteiger partial charge is 0.506 e. The van der Waals surface area contributed by atoms with Gasteiger partial charge in [-0.05, 0) is 42.3 Å². The van der Waals surface area contributed by atoms with E-state index < -0.39 is 44.5 Å². The number of nitrogens with two attached hydrogens (primary N) is 1. The van der Waals surface area contributed by atoms with Crippen molar-refractivity contribution in [2.75, 3.05) is 12.3 Å². The van der Waals surface area contributed by atoms with E-state index in [0.717, 1.165) is 5.56 Å². The normalized spacial score (nSPS) is 18.8. The highest BCUT2D eigenvalue weighted by atomic mass is 35.5. The molecule has 0 saturated carbocycles. The van der Waals surface area contributed by atoms with Crippen molar-refractivity contribution in [3.63, 3.8) is 0 Å². The van der Waals surface area contributed by atoms with Crippen LogP contribution in [0, 0.1) is 0 Å². The Bertz CT molecular complexity index is 1660. The van der Waals surface area contributed by atoms with Crippen molar-refractivity contribution < 1.29 is 37.4 Å². The van der Waals surface area contributed by atoms with Gasteiger partial charge in [-0.25, -0.2) is 13.9 Å². The number of aliphatic hydroxyl groups is 1. The van der Waals surface area contributed by atoms with Gasteiger partial charge in [0.1, 0.15) is 36.5 Å². The van der Waals surface area contributed by atoms with Crippen LogP contribution in [-0.2, 0) is 30.0 Å². The molecule has 0 aliphatic carbocycles. The van der Waals surface area contributed by atoms with Crippen LogP contribution in [0.4, 0.5) is 10.2 Å². The number of hydrogen-bond acceptors (Lipinski definition) is 10. The van der Waals surface area contributed by atoms with Crippen LogP contribution in [-0.4, -0.2) is 44.4 Å². The molecule has 0 fully saturated rings. The van der Waals surface area contributed by atoms with Gasteiger partial charge in [-0.3, -0.25) is 13.9 Å². The van der Waals surface area contributed by atoms with Crippen LogP contribution < -0.4 is 15.3 Å². The fourth-order valence-electron chi connectivity index (χ4n) is 4.09. The van der Waals surface area contributed by atoms with E-state index in [1.54, 1.807) is 48.5 Å². The predicted octanol–water partition coefficient (Wildman–Crippen LogP) is 5.23. The van der Waals surface area contributed by atoms with E-state index >= 15 is 4.39 Å². The van der Waals surface area contributed by atoms with Gasteiger partial charge in [0.15, 0.2) is 11.5 Å². The van der Waals surface area contributed by atoms with Crippen molar-refractivity contribution in [3.05, 3.63) is 95.3 Å². The third kappa shape index (κ3) is 6.50. The standard InChI is InChI=1S/C27H26ClFN5O7P/c1-16(26(36)38-14-17-8-4-2-5-9-17)33-42(37,41-18-10-6-3-7-11-18)39-15-20-22(35)21(29)25(40-20)34-13-12-19-23(30)31-27(28)32-24(19)34/h2-13,16,21,25,35H,14-15H2,1H3,(H,33,37)(H2,30,31,32)/t16-,21?,25+,42?/m0/s1. The zero-order valence-electron chi connectivity index (χ0n) is 22.1. The summed E-state index contributed by atoms with van der Waals surface area (Å²) in [5.41, 5.74) is 6.82. The first-order chi connectivity index (χ1) is 20.1. The van der Waals surface area contributed by atoms with E-state index in [9.17, 15) is 14.5 Å². The molecule has 12 nitrogen and oxygen atoms in total. The lowest BCUT2D eigenvalue weighted by Gasteiger charge is -2.23. The van der Waals surface area contributed by atoms with Crippen LogP contribution >= 0.6 is 19.3 Å². The number of halogens is 2. The smallest absolute Gasteiger partial charge is 0.459 e. The van der Waals surface area contributed by atoms with Gasteiger partial charge in [0, 0.05) is 6.20 Å². The monoisotopic (exact) mass is 617 g/mol. The number of aromatic nitrogens is 3. The van der Waals surface area contributed by atoms with Crippen LogP contribution in [0.25, 0.3) is 11.0 Å². The molecule has 2 unspecified atom stereocenters. The van der Waals surface area contributed by atoms with Crippen LogP contribution in [0.3, 0.4) is 0 Å². The second-order valence-corrected chi connectivity index (χ2v) is 11.2. The molecule has 4 atom stereocenters. The Morgan fingerprint density at radius 2 is 1.86 bits per heavy atom. The van der Waals surface area contributed by atoms with Gasteiger partial charge in [0.25, 0.3) is 0 Å². The van der Waals surface area contributed by atoms with E-state index in [2.05, 4.69) is 15.1 Å². The number of carbonyl (C=O) groups is 1. The number of benzene rings is 2. The van der Waals surface area contributed by atoms with Crippen molar-refractivity contribution >= 4 is 42.2 Å². The lowest BCUT2D eigenvalue weighted by Crippen LogP contribution is -2.35. The Kier molecular flexibility index (Phi) is 8.64. The molecule has 2 aromatic carbocycles. The summed E-state index contributed by atoms with van der Waals surface area (Å²) >= 11 is 5.92. The zero-order chi connectivity index (χ0) is 29.9. The first-order valence-corrected chi connectivity index (χ1v) is 14.6. The molecule has 5 rings (SSSR count). The molecule has 0 amide bonds. The summed E-state index contributed by atoms with van der Waals surface area (Å²) < 4.78 is 52.4. The van der Waals surface area contributed by atoms with Crippen molar-refractivity contribution in [2.45, 2.75) is 32.0 Å². The maximum Gasteiger partial charge on any atom is 0.459 e. The van der Waals surface area contributed by atoms with Crippen molar-refractivity contribution in [1.82, 2.24) is 19.6 Å². The number of esters is 1. The molecule has 0 saturated heterocycles. The zero-order valence-corrected chi connectivity index (χ0v) is 23.7. The molecule has 1 aliphatic rings. The van der Waals surface area contributed by atoms with Gasteiger partial charge in [-0.2, -0.15) is 10.1 Å². The second kappa shape index (κ2) is 12.4. The van der Waals surface area contributed by atoms with Gasteiger partial charge in [0.05, 0.1) is 5.39 Å². The van der Waals surface area contributed by atoms with Gasteiger partial charge in [-0.15, -0.1) is 0 Å². The number of carbonyl (C=O) groups excluding carboxylic acids is 1. The summed E-state index contributed by atoms with van der Waals surface area (Å²) in [5, 5.41) is 13.3. The van der Waals surface area contributed by atoms with Crippen LogP contribution in [0.1, 0.15) is 18.7 Å². The van der Waals surface area contributed by atoms with E-state index in [-0.39, 0.29) is 34.9 Å². The number of ether oxygens (including phenoxy) is 2. The Balaban J connectivity index is 1.30. The lowest BCUT2D eigenvalue weighted by atomic mass is 10.2. The molecule has 220 valence electrons. The second-order valence-electron chi connectivity index (χ2n) is 9.18. The van der Waals surface area contributed by atoms with Gasteiger partial charge in [-0.1, -0.05) is 48.5 Å². The fourth-order valence-corrected chi connectivity index (χ4v) is 5.71. The number of rotatable bonds is 11. The van der Waals surface area contributed by atoms with Crippen LogP contribution in [0.15, 0.2) is 84.4 Å². The average Bonchev–Trinajstić information content (AvgIpc) is 3.52. The fraction of sp³-hybridized carbons (Fsp3) is 0.222. The van der Waals surface area contributed by atoms with E-state index in [1.807, 2.05) is 6.07 Å². The molecular weight excluding hydrogens is 592 g/mol. The van der Waals surface area contributed by atoms with Gasteiger partial charge in [0.2, 0.25) is 17.7 Å². The quantitative estimate of drug-likeness (QED) is 0.115. The summed E-state index contributed by atoms with van der Waals surface area (Å²) in [5.74, 6) is -1.60. The van der Waals surface area contributed by atoms with Gasteiger partial charge >= 0.3 is 13.7 Å². The summed E-state index contributed by atoms with van der Waals surface area (Å²) in [7, 11) is -4.34. The number of hydrogen-bond donors (Lipinski definition) is 3. The van der Waals surface area contributed by atoms with E-state index in [4.69, 9.17) is 35.9 Å². The average molecular weight is 618 g/mol. The highest BCUT2D eigenvalue weighted by Crippen LogP contribution is 2.46. The number of para-hydroxylation sites is 1.